The molecular weight excluding hydrogens is 569 g/mol. The molecule has 36 heavy (non-hydrogen) atoms. The Morgan fingerprint density at radius 3 is 2.14 bits per heavy atom. The third kappa shape index (κ3) is 6.66. The van der Waals surface area contributed by atoms with Gasteiger partial charge in [-0.3, -0.25) is 9.59 Å². The summed E-state index contributed by atoms with van der Waals surface area (Å²) in [6, 6.07) is 5.27. The first kappa shape index (κ1) is 29.4. The quantitative estimate of drug-likeness (QED) is 0.345. The van der Waals surface area contributed by atoms with E-state index in [4.69, 9.17) is 9.47 Å². The van der Waals surface area contributed by atoms with Gasteiger partial charge in [0.2, 0.25) is 11.6 Å². The molecule has 0 saturated heterocycles. The number of ether oxygens (including phenoxy) is 2. The number of benzene rings is 2. The Morgan fingerprint density at radius 2 is 1.64 bits per heavy atom. The van der Waals surface area contributed by atoms with Crippen LogP contribution in [-0.2, 0) is 21.8 Å². The van der Waals surface area contributed by atoms with Crippen LogP contribution in [0.25, 0.3) is 0 Å². The van der Waals surface area contributed by atoms with Crippen LogP contribution in [0.4, 0.5) is 42.1 Å². The van der Waals surface area contributed by atoms with Crippen LogP contribution in [0.3, 0.4) is 0 Å². The SMILES string of the molecule is COCc1cc(C(F)(CC(F)(F)F)C(F)(F)F)cc(Br)c1NC(=O)c1cccc(NC(C)=O)c1OC. The first-order valence-electron chi connectivity index (χ1n) is 9.94. The molecule has 2 aromatic carbocycles. The van der Waals surface area contributed by atoms with E-state index in [9.17, 15) is 40.3 Å². The maximum absolute atomic E-state index is 15.0. The molecule has 2 rings (SSSR count). The first-order chi connectivity index (χ1) is 16.5. The van der Waals surface area contributed by atoms with Crippen molar-refractivity contribution in [2.45, 2.75) is 38.0 Å². The van der Waals surface area contributed by atoms with Gasteiger partial charge in [-0.25, -0.2) is 4.39 Å². The number of rotatable bonds is 8. The van der Waals surface area contributed by atoms with Gasteiger partial charge < -0.3 is 20.1 Å². The second-order valence-corrected chi connectivity index (χ2v) is 8.39. The summed E-state index contributed by atoms with van der Waals surface area (Å²) < 4.78 is 104. The molecule has 0 bridgehead atoms. The molecule has 0 radical (unpaired) electrons. The predicted molar refractivity (Wildman–Crippen MR) is 120 cm³/mol. The molecule has 2 N–H and O–H groups in total. The predicted octanol–water partition coefficient (Wildman–Crippen LogP) is 6.49. The van der Waals surface area contributed by atoms with Crippen molar-refractivity contribution in [2.24, 2.45) is 0 Å². The number of halogens is 8. The van der Waals surface area contributed by atoms with Crippen LogP contribution in [0, 0.1) is 0 Å². The van der Waals surface area contributed by atoms with Crippen LogP contribution in [0.1, 0.15) is 34.8 Å². The number of nitrogens with one attached hydrogen (secondary N) is 2. The number of carbonyl (C=O) groups is 2. The lowest BCUT2D eigenvalue weighted by molar-refractivity contribution is -0.273. The van der Waals surface area contributed by atoms with E-state index < -0.39 is 48.4 Å². The van der Waals surface area contributed by atoms with Crippen LogP contribution in [0.15, 0.2) is 34.8 Å². The van der Waals surface area contributed by atoms with E-state index in [1.165, 1.54) is 32.2 Å². The van der Waals surface area contributed by atoms with Crippen molar-refractivity contribution in [3.05, 3.63) is 51.5 Å². The zero-order valence-electron chi connectivity index (χ0n) is 19.0. The van der Waals surface area contributed by atoms with Crippen LogP contribution in [0.2, 0.25) is 0 Å². The summed E-state index contributed by atoms with van der Waals surface area (Å²) >= 11 is 2.92. The molecule has 14 heteroatoms. The molecule has 6 nitrogen and oxygen atoms in total. The van der Waals surface area contributed by atoms with Crippen LogP contribution in [0.5, 0.6) is 5.75 Å². The molecule has 0 aliphatic heterocycles. The van der Waals surface area contributed by atoms with Gasteiger partial charge in [0, 0.05) is 29.6 Å². The van der Waals surface area contributed by atoms with Gasteiger partial charge in [0.15, 0.2) is 5.75 Å². The highest BCUT2D eigenvalue weighted by molar-refractivity contribution is 9.10. The fourth-order valence-corrected chi connectivity index (χ4v) is 3.95. The molecule has 0 aliphatic rings. The molecule has 0 aliphatic carbocycles. The lowest BCUT2D eigenvalue weighted by atomic mass is 9.89. The van der Waals surface area contributed by atoms with Crippen molar-refractivity contribution in [3.63, 3.8) is 0 Å². The molecule has 2 aromatic rings. The van der Waals surface area contributed by atoms with Crippen molar-refractivity contribution in [1.82, 2.24) is 0 Å². The highest BCUT2D eigenvalue weighted by atomic mass is 79.9. The van der Waals surface area contributed by atoms with Gasteiger partial charge in [0.05, 0.1) is 37.1 Å². The molecule has 0 fully saturated rings. The Balaban J connectivity index is 2.59. The molecule has 0 saturated carbocycles. The van der Waals surface area contributed by atoms with Crippen molar-refractivity contribution >= 4 is 39.1 Å². The Morgan fingerprint density at radius 1 is 1.00 bits per heavy atom. The van der Waals surface area contributed by atoms with Gasteiger partial charge in [-0.1, -0.05) is 6.07 Å². The normalized spacial score (nSPS) is 13.6. The molecule has 1 atom stereocenters. The number of alkyl halides is 7. The summed E-state index contributed by atoms with van der Waals surface area (Å²) in [5.41, 5.74) is -6.42. The number of hydrogen-bond donors (Lipinski definition) is 2. The number of methoxy groups -OCH3 is 2. The number of hydrogen-bond acceptors (Lipinski definition) is 4. The molecule has 1 unspecified atom stereocenters. The van der Waals surface area contributed by atoms with Crippen LogP contribution < -0.4 is 15.4 Å². The monoisotopic (exact) mass is 588 g/mol. The number of anilines is 2. The second-order valence-electron chi connectivity index (χ2n) is 7.54. The summed E-state index contributed by atoms with van der Waals surface area (Å²) in [5, 5.41) is 4.89. The minimum atomic E-state index is -5.89. The number of carbonyl (C=O) groups excluding carboxylic acids is 2. The van der Waals surface area contributed by atoms with Crippen molar-refractivity contribution in [2.75, 3.05) is 24.9 Å². The fourth-order valence-electron chi connectivity index (χ4n) is 3.35. The molecular formula is C22H20BrF7N2O4. The third-order valence-corrected chi connectivity index (χ3v) is 5.46. The van der Waals surface area contributed by atoms with E-state index in [2.05, 4.69) is 26.6 Å². The summed E-state index contributed by atoms with van der Waals surface area (Å²) in [7, 11) is 2.38. The van der Waals surface area contributed by atoms with Crippen molar-refractivity contribution in [1.29, 1.82) is 0 Å². The zero-order valence-corrected chi connectivity index (χ0v) is 20.5. The van der Waals surface area contributed by atoms with Gasteiger partial charge in [-0.15, -0.1) is 0 Å². The van der Waals surface area contributed by atoms with E-state index in [0.717, 1.165) is 7.11 Å². The topological polar surface area (TPSA) is 76.7 Å². The van der Waals surface area contributed by atoms with Crippen LogP contribution >= 0.6 is 15.9 Å². The van der Waals surface area contributed by atoms with Gasteiger partial charge in [0.25, 0.3) is 5.91 Å². The van der Waals surface area contributed by atoms with E-state index in [1.807, 2.05) is 0 Å². The molecule has 2 amide bonds. The highest BCUT2D eigenvalue weighted by Gasteiger charge is 2.62. The Kier molecular flexibility index (Phi) is 9.00. The first-order valence-corrected chi connectivity index (χ1v) is 10.7. The average molecular weight is 589 g/mol. The minimum Gasteiger partial charge on any atom is -0.494 e. The largest absolute Gasteiger partial charge is 0.494 e. The van der Waals surface area contributed by atoms with Gasteiger partial charge >= 0.3 is 12.4 Å². The smallest absolute Gasteiger partial charge is 0.427 e. The summed E-state index contributed by atoms with van der Waals surface area (Å²) in [6.45, 7) is 0.748. The Bertz CT molecular complexity index is 1140. The lowest BCUT2D eigenvalue weighted by Crippen LogP contribution is -2.42. The zero-order chi connectivity index (χ0) is 27.5. The second kappa shape index (κ2) is 11.0. The lowest BCUT2D eigenvalue weighted by Gasteiger charge is -2.30. The van der Waals surface area contributed by atoms with E-state index in [1.54, 1.807) is 0 Å². The maximum Gasteiger partial charge on any atom is 0.427 e. The number of para-hydroxylation sites is 1. The third-order valence-electron chi connectivity index (χ3n) is 4.84. The fraction of sp³-hybridized carbons (Fsp3) is 0.364. The van der Waals surface area contributed by atoms with Gasteiger partial charge in [-0.2, -0.15) is 26.3 Å². The van der Waals surface area contributed by atoms with Gasteiger partial charge in [0.1, 0.15) is 0 Å². The summed E-state index contributed by atoms with van der Waals surface area (Å²) in [4.78, 5) is 24.4. The van der Waals surface area contributed by atoms with E-state index in [0.29, 0.717) is 12.1 Å². The number of amides is 2. The Hall–Kier alpha value is -2.87. The minimum absolute atomic E-state index is 0.0312. The molecule has 198 valence electrons. The molecule has 0 spiro atoms. The maximum atomic E-state index is 15.0. The molecule has 0 heterocycles. The van der Waals surface area contributed by atoms with Crippen molar-refractivity contribution < 1.29 is 49.8 Å². The average Bonchev–Trinajstić information content (AvgIpc) is 2.73. The summed E-state index contributed by atoms with van der Waals surface area (Å²) in [6.07, 6.45) is -14.2. The van der Waals surface area contributed by atoms with Crippen LogP contribution in [-0.4, -0.2) is 38.4 Å². The van der Waals surface area contributed by atoms with E-state index >= 15 is 0 Å². The van der Waals surface area contributed by atoms with Gasteiger partial charge in [-0.05, 0) is 40.2 Å². The van der Waals surface area contributed by atoms with Crippen molar-refractivity contribution in [3.8, 4) is 5.75 Å². The molecule has 0 aromatic heterocycles. The highest BCUT2D eigenvalue weighted by Crippen LogP contribution is 2.50. The van der Waals surface area contributed by atoms with E-state index in [-0.39, 0.29) is 32.7 Å². The Labute approximate surface area is 209 Å². The summed E-state index contributed by atoms with van der Waals surface area (Å²) in [5.74, 6) is -1.33. The standard InChI is InChI=1S/C22H20BrF7N2O4/c1-11(33)31-16-6-4-5-14(18(16)36-3)19(34)32-17-12(9-35-2)7-13(8-15(17)23)20(24,22(28,29)30)10-21(25,26)27/h4-8H,9-10H2,1-3H3,(H,31,33)(H,32,34).